The fourth-order valence-corrected chi connectivity index (χ4v) is 0.992. The van der Waals surface area contributed by atoms with Crippen molar-refractivity contribution in [1.29, 1.82) is 5.26 Å². The van der Waals surface area contributed by atoms with Crippen molar-refractivity contribution in [2.45, 2.75) is 19.5 Å². The van der Waals surface area contributed by atoms with Crippen molar-refractivity contribution in [2.24, 2.45) is 0 Å². The number of pyridine rings is 1. The van der Waals surface area contributed by atoms with Crippen molar-refractivity contribution in [3.63, 3.8) is 0 Å². The number of nitrogens with zero attached hydrogens (tertiary/aromatic N) is 2. The Balaban J connectivity index is 0.00000256. The lowest BCUT2D eigenvalue weighted by atomic mass is 10.2. The molecule has 0 aliphatic heterocycles. The Bertz CT molecular complexity index is 415. The Morgan fingerprint density at radius 3 is 2.53 bits per heavy atom. The predicted molar refractivity (Wildman–Crippen MR) is 57.0 cm³/mol. The van der Waals surface area contributed by atoms with Crippen molar-refractivity contribution in [2.75, 3.05) is 6.61 Å². The van der Waals surface area contributed by atoms with E-state index in [-0.39, 0.29) is 30.5 Å². The number of nitriles is 1. The molecule has 0 aromatic carbocycles. The van der Waals surface area contributed by atoms with Gasteiger partial charge in [0.2, 0.25) is 5.88 Å². The summed E-state index contributed by atoms with van der Waals surface area (Å²) in [6, 6.07) is 3.55. The first-order valence-corrected chi connectivity index (χ1v) is 4.60. The lowest BCUT2D eigenvalue weighted by molar-refractivity contribution is -0.141. The fourth-order valence-electron chi connectivity index (χ4n) is 0.992. The molecule has 94 valence electrons. The van der Waals surface area contributed by atoms with Crippen molar-refractivity contribution >= 4 is 12.4 Å². The molecule has 0 bridgehead atoms. The van der Waals surface area contributed by atoms with E-state index in [1.165, 1.54) is 0 Å². The van der Waals surface area contributed by atoms with Crippen LogP contribution in [0.5, 0.6) is 5.88 Å². The number of rotatable bonds is 3. The summed E-state index contributed by atoms with van der Waals surface area (Å²) in [5.41, 5.74) is -1.06. The number of alkyl halides is 3. The number of hydrogen-bond donors (Lipinski definition) is 0. The number of halogens is 4. The largest absolute Gasteiger partial charge is 0.477 e. The summed E-state index contributed by atoms with van der Waals surface area (Å²) in [5, 5.41) is 8.66. The molecule has 1 aromatic heterocycles. The molecular formula is C10H10ClF3N2O. The second kappa shape index (κ2) is 6.30. The fraction of sp³-hybridized carbons (Fsp3) is 0.400. The first kappa shape index (κ1) is 15.5. The molecule has 0 fully saturated rings. The van der Waals surface area contributed by atoms with E-state index in [1.807, 2.05) is 0 Å². The highest BCUT2D eigenvalue weighted by atomic mass is 35.5. The van der Waals surface area contributed by atoms with Crippen LogP contribution in [0, 0.1) is 11.3 Å². The molecule has 1 aromatic rings. The van der Waals surface area contributed by atoms with Crippen LogP contribution in [0.1, 0.15) is 24.6 Å². The van der Waals surface area contributed by atoms with Gasteiger partial charge in [-0.15, -0.1) is 12.4 Å². The van der Waals surface area contributed by atoms with E-state index in [2.05, 4.69) is 4.98 Å². The maximum atomic E-state index is 12.3. The minimum Gasteiger partial charge on any atom is -0.477 e. The van der Waals surface area contributed by atoms with Crippen molar-refractivity contribution in [3.05, 3.63) is 23.4 Å². The molecule has 17 heavy (non-hydrogen) atoms. The highest BCUT2D eigenvalue weighted by Gasteiger charge is 2.33. The summed E-state index contributed by atoms with van der Waals surface area (Å²) in [6.45, 7) is 2.03. The van der Waals surface area contributed by atoms with E-state index in [9.17, 15) is 13.2 Å². The van der Waals surface area contributed by atoms with Gasteiger partial charge in [0, 0.05) is 0 Å². The lowest BCUT2D eigenvalue weighted by Gasteiger charge is -2.09. The molecule has 0 radical (unpaired) electrons. The van der Waals surface area contributed by atoms with Crippen LogP contribution in [-0.2, 0) is 6.18 Å². The smallest absolute Gasteiger partial charge is 0.433 e. The summed E-state index contributed by atoms with van der Waals surface area (Å²) < 4.78 is 42.0. The Labute approximate surface area is 103 Å². The molecular weight excluding hydrogens is 257 g/mol. The quantitative estimate of drug-likeness (QED) is 0.844. The molecule has 0 aliphatic carbocycles. The van der Waals surface area contributed by atoms with Crippen molar-refractivity contribution < 1.29 is 17.9 Å². The van der Waals surface area contributed by atoms with E-state index in [0.717, 1.165) is 12.1 Å². The molecule has 0 atom stereocenters. The molecule has 3 nitrogen and oxygen atoms in total. The zero-order chi connectivity index (χ0) is 12.2. The van der Waals surface area contributed by atoms with Crippen LogP contribution in [-0.4, -0.2) is 11.6 Å². The zero-order valence-electron chi connectivity index (χ0n) is 8.91. The van der Waals surface area contributed by atoms with Crippen LogP contribution < -0.4 is 4.74 Å². The normalized spacial score (nSPS) is 10.3. The summed E-state index contributed by atoms with van der Waals surface area (Å²) in [6.07, 6.45) is -3.90. The van der Waals surface area contributed by atoms with Gasteiger partial charge in [-0.25, -0.2) is 4.98 Å². The van der Waals surface area contributed by atoms with Crippen LogP contribution in [0.4, 0.5) is 13.2 Å². The van der Waals surface area contributed by atoms with Gasteiger partial charge in [0.25, 0.3) is 0 Å². The van der Waals surface area contributed by atoms with Gasteiger partial charge in [0.05, 0.1) is 6.61 Å². The van der Waals surface area contributed by atoms with Gasteiger partial charge in [-0.05, 0) is 18.6 Å². The van der Waals surface area contributed by atoms with E-state index in [0.29, 0.717) is 6.42 Å². The molecule has 7 heteroatoms. The van der Waals surface area contributed by atoms with E-state index in [1.54, 1.807) is 13.0 Å². The van der Waals surface area contributed by atoms with Crippen LogP contribution in [0.25, 0.3) is 0 Å². The lowest BCUT2D eigenvalue weighted by Crippen LogP contribution is -2.10. The van der Waals surface area contributed by atoms with Crippen LogP contribution >= 0.6 is 12.4 Å². The van der Waals surface area contributed by atoms with Crippen molar-refractivity contribution in [1.82, 2.24) is 4.98 Å². The third-order valence-corrected chi connectivity index (χ3v) is 1.71. The maximum Gasteiger partial charge on any atom is 0.433 e. The average molecular weight is 267 g/mol. The molecule has 1 heterocycles. The summed E-state index contributed by atoms with van der Waals surface area (Å²) >= 11 is 0. The summed E-state index contributed by atoms with van der Waals surface area (Å²) in [5.74, 6) is -0.265. The number of aromatic nitrogens is 1. The SMILES string of the molecule is CCCOc1nc(C(F)(F)F)ccc1C#N.Cl. The van der Waals surface area contributed by atoms with Gasteiger partial charge in [0.15, 0.2) is 0 Å². The Kier molecular flexibility index (Phi) is 5.75. The van der Waals surface area contributed by atoms with E-state index >= 15 is 0 Å². The molecule has 0 N–H and O–H groups in total. The first-order chi connectivity index (χ1) is 7.49. The monoisotopic (exact) mass is 266 g/mol. The van der Waals surface area contributed by atoms with Crippen LogP contribution in [0.2, 0.25) is 0 Å². The number of hydrogen-bond acceptors (Lipinski definition) is 3. The van der Waals surface area contributed by atoms with Crippen LogP contribution in [0.15, 0.2) is 12.1 Å². The minimum atomic E-state index is -4.53. The second-order valence-electron chi connectivity index (χ2n) is 3.01. The third kappa shape index (κ3) is 4.11. The van der Waals surface area contributed by atoms with Gasteiger partial charge >= 0.3 is 6.18 Å². The van der Waals surface area contributed by atoms with Gasteiger partial charge in [0.1, 0.15) is 17.3 Å². The minimum absolute atomic E-state index is 0. The van der Waals surface area contributed by atoms with E-state index in [4.69, 9.17) is 10.00 Å². The molecule has 0 spiro atoms. The highest BCUT2D eigenvalue weighted by molar-refractivity contribution is 5.85. The van der Waals surface area contributed by atoms with Crippen LogP contribution in [0.3, 0.4) is 0 Å². The predicted octanol–water partition coefficient (Wildman–Crippen LogP) is 3.18. The third-order valence-electron chi connectivity index (χ3n) is 1.71. The molecule has 0 aliphatic rings. The molecule has 0 saturated carbocycles. The highest BCUT2D eigenvalue weighted by Crippen LogP contribution is 2.29. The topological polar surface area (TPSA) is 45.9 Å². The van der Waals surface area contributed by atoms with E-state index < -0.39 is 11.9 Å². The van der Waals surface area contributed by atoms with Gasteiger partial charge in [-0.2, -0.15) is 18.4 Å². The summed E-state index contributed by atoms with van der Waals surface area (Å²) in [7, 11) is 0. The van der Waals surface area contributed by atoms with Crippen molar-refractivity contribution in [3.8, 4) is 11.9 Å². The Morgan fingerprint density at radius 1 is 1.41 bits per heavy atom. The standard InChI is InChI=1S/C10H9F3N2O.ClH/c1-2-5-16-9-7(6-14)3-4-8(15-9)10(11,12)13;/h3-4H,2,5H2,1H3;1H. The van der Waals surface area contributed by atoms with Gasteiger partial charge < -0.3 is 4.74 Å². The van der Waals surface area contributed by atoms with Gasteiger partial charge in [-0.1, -0.05) is 6.92 Å². The molecule has 0 saturated heterocycles. The zero-order valence-corrected chi connectivity index (χ0v) is 9.73. The maximum absolute atomic E-state index is 12.3. The molecule has 1 rings (SSSR count). The average Bonchev–Trinajstić information content (AvgIpc) is 2.24. The number of ether oxygens (including phenoxy) is 1. The first-order valence-electron chi connectivity index (χ1n) is 4.60. The van der Waals surface area contributed by atoms with Gasteiger partial charge in [-0.3, -0.25) is 0 Å². The Hall–Kier alpha value is -1.48. The molecule has 0 unspecified atom stereocenters. The second-order valence-corrected chi connectivity index (χ2v) is 3.01. The Morgan fingerprint density at radius 2 is 2.06 bits per heavy atom. The molecule has 0 amide bonds. The summed E-state index contributed by atoms with van der Waals surface area (Å²) in [4.78, 5) is 3.28.